The van der Waals surface area contributed by atoms with Gasteiger partial charge in [0, 0.05) is 107 Å². The van der Waals surface area contributed by atoms with Crippen molar-refractivity contribution in [3.05, 3.63) is 303 Å². The lowest BCUT2D eigenvalue weighted by atomic mass is 10.1. The second-order valence-corrected chi connectivity index (χ2v) is 24.2. The van der Waals surface area contributed by atoms with Crippen molar-refractivity contribution in [1.82, 2.24) is 29.1 Å². The fraction of sp³-hybridized carbons (Fsp3) is 0. The summed E-state index contributed by atoms with van der Waals surface area (Å²) >= 11 is 3.77. The van der Waals surface area contributed by atoms with Crippen LogP contribution >= 0.6 is 22.7 Å². The third kappa shape index (κ3) is 8.84. The Hall–Kier alpha value is -11.2. The molecule has 0 amide bonds. The quantitative estimate of drug-likeness (QED) is 0.152. The lowest BCUT2D eigenvalue weighted by Gasteiger charge is -2.11. The normalized spacial score (nSPS) is 11.6. The van der Waals surface area contributed by atoms with Crippen LogP contribution in [0.3, 0.4) is 0 Å². The van der Waals surface area contributed by atoms with Gasteiger partial charge in [0.2, 0.25) is 0 Å². The van der Waals surface area contributed by atoms with E-state index in [-0.39, 0.29) is 0 Å². The van der Waals surface area contributed by atoms with Crippen molar-refractivity contribution in [2.75, 3.05) is 0 Å². The predicted molar refractivity (Wildman–Crippen MR) is 371 cm³/mol. The maximum absolute atomic E-state index is 5.03. The van der Waals surface area contributed by atoms with Gasteiger partial charge in [0.25, 0.3) is 0 Å². The minimum Gasteiger partial charge on any atom is -0.309 e. The number of thiophene rings is 2. The van der Waals surface area contributed by atoms with Crippen LogP contribution in [-0.4, -0.2) is 29.1 Å². The summed E-state index contributed by atoms with van der Waals surface area (Å²) in [7, 11) is 0. The molecule has 0 N–H and O–H groups in total. The van der Waals surface area contributed by atoms with Crippen LogP contribution in [-0.2, 0) is 0 Å². The maximum Gasteiger partial charge on any atom is 0.160 e. The van der Waals surface area contributed by atoms with Gasteiger partial charge in [0.05, 0.1) is 44.8 Å². The van der Waals surface area contributed by atoms with Gasteiger partial charge in [-0.25, -0.2) is 19.9 Å². The van der Waals surface area contributed by atoms with Gasteiger partial charge in [-0.1, -0.05) is 218 Å². The summed E-state index contributed by atoms with van der Waals surface area (Å²) < 4.78 is 10.1. The van der Waals surface area contributed by atoms with Gasteiger partial charge in [0.15, 0.2) is 11.6 Å². The number of fused-ring (bicyclic) bond motifs is 14. The van der Waals surface area contributed by atoms with Gasteiger partial charge in [-0.2, -0.15) is 0 Å². The molecular weight excluding hydrogens is 1110 g/mol. The Balaban J connectivity index is 0.000000137. The highest BCUT2D eigenvalue weighted by Gasteiger charge is 2.21. The van der Waals surface area contributed by atoms with Gasteiger partial charge in [0.1, 0.15) is 0 Å². The molecule has 18 aromatic rings. The molecule has 0 atom stereocenters. The van der Waals surface area contributed by atoms with Crippen molar-refractivity contribution in [3.8, 4) is 79.2 Å². The molecule has 0 saturated carbocycles. The highest BCUT2D eigenvalue weighted by atomic mass is 32.1. The Bertz CT molecular complexity index is 5190. The molecule has 8 heteroatoms. The highest BCUT2D eigenvalue weighted by Crippen LogP contribution is 2.45. The van der Waals surface area contributed by atoms with E-state index in [9.17, 15) is 0 Å². The van der Waals surface area contributed by atoms with Crippen molar-refractivity contribution in [2.24, 2.45) is 0 Å². The zero-order valence-electron chi connectivity index (χ0n) is 47.4. The van der Waals surface area contributed by atoms with E-state index in [1.807, 2.05) is 95.5 Å². The Kier molecular flexibility index (Phi) is 12.5. The van der Waals surface area contributed by atoms with E-state index in [2.05, 4.69) is 240 Å². The van der Waals surface area contributed by atoms with Crippen LogP contribution in [0.2, 0.25) is 0 Å². The SMILES string of the molecule is c1ccc(-c2cc(-c3ccc(-n4c5ccccc5c5c6sc7ccccc7c6ccc54)cc3)nc(-c3ccccc3)n2)cc1.c1ccc(-c2cc(-c3ccccc3)nc(-c3ccc(-n4c5ccccc5c5c6sc7ccccc7c6ccc54)cc3)n2)cc1. The van der Waals surface area contributed by atoms with E-state index in [1.54, 1.807) is 0 Å². The van der Waals surface area contributed by atoms with E-state index >= 15 is 0 Å². The molecule has 0 unspecified atom stereocenters. The van der Waals surface area contributed by atoms with E-state index in [4.69, 9.17) is 19.9 Å². The number of hydrogen-bond acceptors (Lipinski definition) is 6. The number of para-hydroxylation sites is 2. The average Bonchev–Trinajstić information content (AvgIpc) is 1.87. The molecule has 6 heterocycles. The van der Waals surface area contributed by atoms with Crippen molar-refractivity contribution in [3.63, 3.8) is 0 Å². The van der Waals surface area contributed by atoms with E-state index < -0.39 is 0 Å². The van der Waals surface area contributed by atoms with Crippen molar-refractivity contribution < 1.29 is 0 Å². The molecule has 6 aromatic heterocycles. The smallest absolute Gasteiger partial charge is 0.160 e. The second-order valence-electron chi connectivity index (χ2n) is 22.1. The van der Waals surface area contributed by atoms with E-state index in [0.29, 0.717) is 5.82 Å². The Morgan fingerprint density at radius 1 is 0.227 bits per heavy atom. The maximum atomic E-state index is 5.03. The second kappa shape index (κ2) is 21.4. The third-order valence-corrected chi connectivity index (χ3v) is 19.3. The standard InChI is InChI=1S/2C40H25N3S/c1-3-11-26(12-4-1)33-25-34(42-40(41-33)28-13-5-2-6-14-28)27-19-21-29(22-20-27)43-35-17-9-7-16-32(35)38-36(43)24-23-31-30-15-8-10-18-37(30)44-39(31)38;1-3-11-26(12-4-1)33-25-34(27-13-5-2-6-14-27)42-40(41-33)28-19-21-29(22-20-28)43-35-17-9-7-16-32(35)38-36(43)24-23-31-30-15-8-10-18-37(30)44-39(31)38/h2*1-25H. The largest absolute Gasteiger partial charge is 0.309 e. The summed E-state index contributed by atoms with van der Waals surface area (Å²) in [6, 6.07) is 107. The molecule has 18 rings (SSSR count). The predicted octanol–water partition coefficient (Wildman–Crippen LogP) is 21.9. The molecule has 0 bridgehead atoms. The molecule has 412 valence electrons. The fourth-order valence-electron chi connectivity index (χ4n) is 12.7. The molecule has 0 aliphatic carbocycles. The van der Waals surface area contributed by atoms with Crippen molar-refractivity contribution in [2.45, 2.75) is 0 Å². The van der Waals surface area contributed by atoms with Crippen LogP contribution < -0.4 is 0 Å². The highest BCUT2D eigenvalue weighted by molar-refractivity contribution is 7.27. The molecular formula is C80H50N6S2. The molecule has 6 nitrogen and oxygen atoms in total. The number of nitrogens with zero attached hydrogens (tertiary/aromatic N) is 6. The van der Waals surface area contributed by atoms with Gasteiger partial charge >= 0.3 is 0 Å². The number of rotatable bonds is 8. The monoisotopic (exact) mass is 1160 g/mol. The van der Waals surface area contributed by atoms with Gasteiger partial charge in [-0.05, 0) is 84.9 Å². The third-order valence-electron chi connectivity index (χ3n) is 16.9. The molecule has 0 radical (unpaired) electrons. The van der Waals surface area contributed by atoms with Gasteiger partial charge < -0.3 is 9.13 Å². The number of hydrogen-bond donors (Lipinski definition) is 0. The molecule has 88 heavy (non-hydrogen) atoms. The molecule has 0 fully saturated rings. The van der Waals surface area contributed by atoms with Crippen LogP contribution in [0.1, 0.15) is 0 Å². The van der Waals surface area contributed by atoms with Crippen molar-refractivity contribution >= 4 is 107 Å². The summed E-state index contributed by atoms with van der Waals surface area (Å²) in [6.07, 6.45) is 0. The van der Waals surface area contributed by atoms with Gasteiger partial charge in [-0.3, -0.25) is 0 Å². The number of benzene rings is 12. The van der Waals surface area contributed by atoms with Crippen LogP contribution in [0.15, 0.2) is 303 Å². The first-order valence-electron chi connectivity index (χ1n) is 29.5. The summed E-state index contributed by atoms with van der Waals surface area (Å²) in [6.45, 7) is 0. The molecule has 0 spiro atoms. The zero-order chi connectivity index (χ0) is 58.1. The van der Waals surface area contributed by atoms with Crippen LogP contribution in [0, 0.1) is 0 Å². The van der Waals surface area contributed by atoms with Crippen molar-refractivity contribution in [1.29, 1.82) is 0 Å². The lowest BCUT2D eigenvalue weighted by molar-refractivity contribution is 1.16. The first kappa shape index (κ1) is 51.3. The lowest BCUT2D eigenvalue weighted by Crippen LogP contribution is -1.97. The summed E-state index contributed by atoms with van der Waals surface area (Å²) in [5.74, 6) is 1.44. The summed E-state index contributed by atoms with van der Waals surface area (Å²) in [5, 5.41) is 10.5. The first-order valence-corrected chi connectivity index (χ1v) is 31.2. The first-order chi connectivity index (χ1) is 43.6. The van der Waals surface area contributed by atoms with E-state index in [1.165, 1.54) is 84.0 Å². The summed E-state index contributed by atoms with van der Waals surface area (Å²) in [5.41, 5.74) is 17.0. The zero-order valence-corrected chi connectivity index (χ0v) is 49.0. The minimum atomic E-state index is 0.714. The Labute approximate surface area is 514 Å². The number of aromatic nitrogens is 6. The molecule has 12 aromatic carbocycles. The van der Waals surface area contributed by atoms with Crippen LogP contribution in [0.25, 0.3) is 163 Å². The summed E-state index contributed by atoms with van der Waals surface area (Å²) in [4.78, 5) is 20.0. The average molecular weight is 1160 g/mol. The minimum absolute atomic E-state index is 0.714. The van der Waals surface area contributed by atoms with Gasteiger partial charge in [-0.15, -0.1) is 22.7 Å². The van der Waals surface area contributed by atoms with E-state index in [0.717, 1.165) is 73.4 Å². The Morgan fingerprint density at radius 2 is 0.534 bits per heavy atom. The molecule has 0 aliphatic heterocycles. The van der Waals surface area contributed by atoms with Crippen LogP contribution in [0.4, 0.5) is 0 Å². The molecule has 0 saturated heterocycles. The Morgan fingerprint density at radius 3 is 0.932 bits per heavy atom. The molecule has 0 aliphatic rings. The topological polar surface area (TPSA) is 61.4 Å². The fourth-order valence-corrected chi connectivity index (χ4v) is 15.2. The van der Waals surface area contributed by atoms with Crippen LogP contribution in [0.5, 0.6) is 0 Å².